The van der Waals surface area contributed by atoms with Gasteiger partial charge in [-0.15, -0.1) is 0 Å². The first-order chi connectivity index (χ1) is 8.21. The number of hydrogen-bond acceptors (Lipinski definition) is 4. The second-order valence-corrected chi connectivity index (χ2v) is 4.69. The van der Waals surface area contributed by atoms with Gasteiger partial charge in [0, 0.05) is 19.6 Å². The standard InChI is InChI=1S/C13H26N2O2/c1-4-14(5-2)9-10-15-8-6-7-12(11-15)13(16)17-3/h12H,4-11H2,1-3H3/t12-/m0/s1. The maximum Gasteiger partial charge on any atom is 0.309 e. The van der Waals surface area contributed by atoms with Crippen LogP contribution < -0.4 is 0 Å². The van der Waals surface area contributed by atoms with Gasteiger partial charge in [0.05, 0.1) is 13.0 Å². The van der Waals surface area contributed by atoms with Gasteiger partial charge < -0.3 is 14.5 Å². The van der Waals surface area contributed by atoms with E-state index in [9.17, 15) is 4.79 Å². The average Bonchev–Trinajstić information content (AvgIpc) is 2.39. The second kappa shape index (κ2) is 7.67. The van der Waals surface area contributed by atoms with Gasteiger partial charge >= 0.3 is 5.97 Å². The van der Waals surface area contributed by atoms with E-state index in [2.05, 4.69) is 23.6 Å². The molecule has 0 aromatic rings. The average molecular weight is 242 g/mol. The van der Waals surface area contributed by atoms with Crippen LogP contribution in [0.5, 0.6) is 0 Å². The zero-order valence-electron chi connectivity index (χ0n) is 11.4. The highest BCUT2D eigenvalue weighted by Gasteiger charge is 2.26. The molecule has 1 heterocycles. The molecule has 1 aliphatic rings. The van der Waals surface area contributed by atoms with Crippen LogP contribution in [-0.2, 0) is 9.53 Å². The number of likely N-dealkylation sites (tertiary alicyclic amines) is 1. The van der Waals surface area contributed by atoms with Gasteiger partial charge in [0.25, 0.3) is 0 Å². The van der Waals surface area contributed by atoms with E-state index in [1.54, 1.807) is 0 Å². The Morgan fingerprint density at radius 2 is 2.12 bits per heavy atom. The van der Waals surface area contributed by atoms with Crippen LogP contribution in [0.4, 0.5) is 0 Å². The van der Waals surface area contributed by atoms with Crippen LogP contribution in [-0.4, -0.2) is 62.1 Å². The van der Waals surface area contributed by atoms with E-state index in [0.717, 1.165) is 52.1 Å². The summed E-state index contributed by atoms with van der Waals surface area (Å²) in [4.78, 5) is 16.3. The van der Waals surface area contributed by atoms with Gasteiger partial charge in [-0.05, 0) is 32.5 Å². The smallest absolute Gasteiger partial charge is 0.309 e. The maximum absolute atomic E-state index is 11.5. The van der Waals surface area contributed by atoms with Gasteiger partial charge in [-0.25, -0.2) is 0 Å². The van der Waals surface area contributed by atoms with E-state index >= 15 is 0 Å². The molecule has 1 saturated heterocycles. The third-order valence-corrected chi connectivity index (χ3v) is 3.67. The van der Waals surface area contributed by atoms with E-state index in [0.29, 0.717) is 0 Å². The minimum Gasteiger partial charge on any atom is -0.469 e. The van der Waals surface area contributed by atoms with Crippen LogP contribution in [0, 0.1) is 5.92 Å². The van der Waals surface area contributed by atoms with E-state index in [1.165, 1.54) is 7.11 Å². The molecule has 4 nitrogen and oxygen atoms in total. The molecule has 1 fully saturated rings. The van der Waals surface area contributed by atoms with E-state index in [1.807, 2.05) is 0 Å². The molecule has 0 unspecified atom stereocenters. The molecule has 0 aromatic carbocycles. The predicted molar refractivity (Wildman–Crippen MR) is 69.0 cm³/mol. The molecule has 100 valence electrons. The first-order valence-electron chi connectivity index (χ1n) is 6.73. The van der Waals surface area contributed by atoms with Crippen LogP contribution in [0.25, 0.3) is 0 Å². The fourth-order valence-corrected chi connectivity index (χ4v) is 2.44. The summed E-state index contributed by atoms with van der Waals surface area (Å²) in [5.41, 5.74) is 0. The number of hydrogen-bond donors (Lipinski definition) is 0. The van der Waals surface area contributed by atoms with Crippen LogP contribution in [0.1, 0.15) is 26.7 Å². The lowest BCUT2D eigenvalue weighted by Gasteiger charge is -2.32. The normalized spacial score (nSPS) is 21.8. The molecule has 0 aliphatic carbocycles. The summed E-state index contributed by atoms with van der Waals surface area (Å²) in [6.45, 7) is 10.7. The van der Waals surface area contributed by atoms with Crippen molar-refractivity contribution < 1.29 is 9.53 Å². The molecule has 0 N–H and O–H groups in total. The Hall–Kier alpha value is -0.610. The third-order valence-electron chi connectivity index (χ3n) is 3.67. The number of carbonyl (C=O) groups is 1. The van der Waals surface area contributed by atoms with Crippen molar-refractivity contribution in [2.45, 2.75) is 26.7 Å². The van der Waals surface area contributed by atoms with Gasteiger partial charge in [-0.3, -0.25) is 4.79 Å². The van der Waals surface area contributed by atoms with Crippen molar-refractivity contribution in [2.75, 3.05) is 46.4 Å². The Balaban J connectivity index is 2.31. The summed E-state index contributed by atoms with van der Waals surface area (Å²) in [6.07, 6.45) is 2.09. The fourth-order valence-electron chi connectivity index (χ4n) is 2.44. The highest BCUT2D eigenvalue weighted by Crippen LogP contribution is 2.17. The third kappa shape index (κ3) is 4.64. The molecule has 17 heavy (non-hydrogen) atoms. The van der Waals surface area contributed by atoms with Crippen LogP contribution in [0.2, 0.25) is 0 Å². The maximum atomic E-state index is 11.5. The fraction of sp³-hybridized carbons (Fsp3) is 0.923. The van der Waals surface area contributed by atoms with Crippen LogP contribution >= 0.6 is 0 Å². The molecule has 1 rings (SSSR count). The molecule has 1 atom stereocenters. The molecule has 0 radical (unpaired) electrons. The molecule has 0 spiro atoms. The Bertz CT molecular complexity index is 229. The summed E-state index contributed by atoms with van der Waals surface area (Å²) in [7, 11) is 1.48. The number of nitrogens with zero attached hydrogens (tertiary/aromatic N) is 2. The lowest BCUT2D eigenvalue weighted by molar-refractivity contribution is -0.147. The number of ether oxygens (including phenoxy) is 1. The Morgan fingerprint density at radius 3 is 2.71 bits per heavy atom. The topological polar surface area (TPSA) is 32.8 Å². The predicted octanol–water partition coefficient (Wildman–Crippen LogP) is 1.21. The first-order valence-corrected chi connectivity index (χ1v) is 6.73. The monoisotopic (exact) mass is 242 g/mol. The highest BCUT2D eigenvalue weighted by atomic mass is 16.5. The minimum atomic E-state index is -0.0439. The number of methoxy groups -OCH3 is 1. The zero-order valence-corrected chi connectivity index (χ0v) is 11.4. The Kier molecular flexibility index (Phi) is 6.52. The van der Waals surface area contributed by atoms with Crippen molar-refractivity contribution in [3.63, 3.8) is 0 Å². The van der Waals surface area contributed by atoms with Crippen molar-refractivity contribution in [3.8, 4) is 0 Å². The first kappa shape index (κ1) is 14.5. The SMILES string of the molecule is CCN(CC)CCN1CCC[C@H](C(=O)OC)C1. The van der Waals surface area contributed by atoms with Gasteiger partial charge in [-0.1, -0.05) is 13.8 Å². The van der Waals surface area contributed by atoms with Gasteiger partial charge in [-0.2, -0.15) is 0 Å². The van der Waals surface area contributed by atoms with Crippen molar-refractivity contribution >= 4 is 5.97 Å². The van der Waals surface area contributed by atoms with Crippen molar-refractivity contribution in [2.24, 2.45) is 5.92 Å². The number of rotatable bonds is 6. The van der Waals surface area contributed by atoms with Gasteiger partial charge in [0.1, 0.15) is 0 Å². The minimum absolute atomic E-state index is 0.0439. The summed E-state index contributed by atoms with van der Waals surface area (Å²) in [5, 5.41) is 0. The van der Waals surface area contributed by atoms with Crippen molar-refractivity contribution in [1.29, 1.82) is 0 Å². The molecule has 1 aliphatic heterocycles. The van der Waals surface area contributed by atoms with Crippen molar-refractivity contribution in [1.82, 2.24) is 9.80 Å². The summed E-state index contributed by atoms with van der Waals surface area (Å²) in [6, 6.07) is 0. The molecule has 0 bridgehead atoms. The lowest BCUT2D eigenvalue weighted by Crippen LogP contribution is -2.43. The zero-order chi connectivity index (χ0) is 12.7. The summed E-state index contributed by atoms with van der Waals surface area (Å²) >= 11 is 0. The Morgan fingerprint density at radius 1 is 1.41 bits per heavy atom. The Labute approximate surface area is 105 Å². The number of carbonyl (C=O) groups excluding carboxylic acids is 1. The van der Waals surface area contributed by atoms with E-state index in [4.69, 9.17) is 4.74 Å². The largest absolute Gasteiger partial charge is 0.469 e. The van der Waals surface area contributed by atoms with Gasteiger partial charge in [0.15, 0.2) is 0 Å². The van der Waals surface area contributed by atoms with Crippen LogP contribution in [0.3, 0.4) is 0 Å². The number of likely N-dealkylation sites (N-methyl/N-ethyl adjacent to an activating group) is 1. The number of piperidine rings is 1. The van der Waals surface area contributed by atoms with Crippen molar-refractivity contribution in [3.05, 3.63) is 0 Å². The van der Waals surface area contributed by atoms with E-state index in [-0.39, 0.29) is 11.9 Å². The molecular formula is C13H26N2O2. The molecule has 0 amide bonds. The van der Waals surface area contributed by atoms with E-state index < -0.39 is 0 Å². The molecule has 0 aromatic heterocycles. The molecular weight excluding hydrogens is 216 g/mol. The second-order valence-electron chi connectivity index (χ2n) is 4.69. The lowest BCUT2D eigenvalue weighted by atomic mass is 9.98. The summed E-state index contributed by atoms with van der Waals surface area (Å²) in [5.74, 6) is 0.0444. The van der Waals surface area contributed by atoms with Crippen LogP contribution in [0.15, 0.2) is 0 Å². The summed E-state index contributed by atoms with van der Waals surface area (Å²) < 4.78 is 4.83. The number of esters is 1. The molecule has 0 saturated carbocycles. The van der Waals surface area contributed by atoms with Gasteiger partial charge in [0.2, 0.25) is 0 Å². The quantitative estimate of drug-likeness (QED) is 0.656. The highest BCUT2D eigenvalue weighted by molar-refractivity contribution is 5.72. The molecule has 4 heteroatoms.